The molecular formula is C8H11NO. The van der Waals surface area contributed by atoms with Crippen LogP contribution in [-0.2, 0) is 4.79 Å². The van der Waals surface area contributed by atoms with Crippen molar-refractivity contribution in [1.82, 2.24) is 0 Å². The molecule has 0 aromatic carbocycles. The number of ketones is 1. The van der Waals surface area contributed by atoms with Crippen LogP contribution in [0.1, 0.15) is 19.8 Å². The third-order valence-corrected chi connectivity index (χ3v) is 1.32. The summed E-state index contributed by atoms with van der Waals surface area (Å²) in [6.45, 7) is 5.31. The maximum absolute atomic E-state index is 10.9. The predicted molar refractivity (Wildman–Crippen MR) is 39.2 cm³/mol. The molecule has 54 valence electrons. The lowest BCUT2D eigenvalue weighted by molar-refractivity contribution is -0.121. The standard InChI is InChI=1S/C8H11NO/c1-3-4-7(2)8(10)5-6-9/h3,7H,1,4-5H2,2H3. The molecule has 0 aromatic heterocycles. The van der Waals surface area contributed by atoms with E-state index in [0.29, 0.717) is 6.42 Å². The first-order valence-electron chi connectivity index (χ1n) is 3.23. The van der Waals surface area contributed by atoms with E-state index in [1.165, 1.54) is 0 Å². The minimum atomic E-state index is -0.0443. The molecule has 1 unspecified atom stereocenters. The van der Waals surface area contributed by atoms with Crippen LogP contribution < -0.4 is 0 Å². The Morgan fingerprint density at radius 3 is 2.90 bits per heavy atom. The van der Waals surface area contributed by atoms with Crippen molar-refractivity contribution in [2.24, 2.45) is 5.92 Å². The fourth-order valence-electron chi connectivity index (χ4n) is 0.634. The van der Waals surface area contributed by atoms with Crippen LogP contribution in [0, 0.1) is 17.2 Å². The second kappa shape index (κ2) is 4.75. The van der Waals surface area contributed by atoms with Crippen molar-refractivity contribution in [2.45, 2.75) is 19.8 Å². The van der Waals surface area contributed by atoms with Gasteiger partial charge in [0.1, 0.15) is 5.78 Å². The van der Waals surface area contributed by atoms with Crippen LogP contribution in [-0.4, -0.2) is 5.78 Å². The maximum atomic E-state index is 10.9. The zero-order valence-corrected chi connectivity index (χ0v) is 6.13. The number of carbonyl (C=O) groups excluding carboxylic acids is 1. The fraction of sp³-hybridized carbons (Fsp3) is 0.500. The highest BCUT2D eigenvalue weighted by Gasteiger charge is 2.09. The summed E-state index contributed by atoms with van der Waals surface area (Å²) >= 11 is 0. The van der Waals surface area contributed by atoms with Gasteiger partial charge in [-0.1, -0.05) is 13.0 Å². The van der Waals surface area contributed by atoms with E-state index < -0.39 is 0 Å². The van der Waals surface area contributed by atoms with E-state index >= 15 is 0 Å². The average Bonchev–Trinajstić information content (AvgIpc) is 1.89. The molecule has 0 saturated heterocycles. The van der Waals surface area contributed by atoms with Crippen molar-refractivity contribution in [1.29, 1.82) is 5.26 Å². The summed E-state index contributed by atoms with van der Waals surface area (Å²) in [5.41, 5.74) is 0. The third kappa shape index (κ3) is 3.03. The molecule has 1 atom stereocenters. The van der Waals surface area contributed by atoms with E-state index in [9.17, 15) is 4.79 Å². The summed E-state index contributed by atoms with van der Waals surface area (Å²) < 4.78 is 0. The zero-order valence-electron chi connectivity index (χ0n) is 6.13. The second-order valence-electron chi connectivity index (χ2n) is 2.23. The van der Waals surface area contributed by atoms with Gasteiger partial charge in [0.25, 0.3) is 0 Å². The van der Waals surface area contributed by atoms with E-state index in [-0.39, 0.29) is 18.1 Å². The van der Waals surface area contributed by atoms with Gasteiger partial charge in [-0.25, -0.2) is 0 Å². The molecule has 0 aromatic rings. The quantitative estimate of drug-likeness (QED) is 0.553. The molecule has 0 N–H and O–H groups in total. The van der Waals surface area contributed by atoms with Gasteiger partial charge in [0.05, 0.1) is 12.5 Å². The highest BCUT2D eigenvalue weighted by Crippen LogP contribution is 2.05. The van der Waals surface area contributed by atoms with E-state index in [0.717, 1.165) is 0 Å². The number of Topliss-reactive ketones (excluding diaryl/α,β-unsaturated/α-hetero) is 1. The van der Waals surface area contributed by atoms with Crippen LogP contribution in [0.15, 0.2) is 12.7 Å². The van der Waals surface area contributed by atoms with E-state index in [2.05, 4.69) is 6.58 Å². The summed E-state index contributed by atoms with van der Waals surface area (Å²) in [6.07, 6.45) is 2.38. The second-order valence-corrected chi connectivity index (χ2v) is 2.23. The van der Waals surface area contributed by atoms with Crippen LogP contribution in [0.25, 0.3) is 0 Å². The molecule has 2 nitrogen and oxygen atoms in total. The van der Waals surface area contributed by atoms with Gasteiger partial charge in [-0.15, -0.1) is 6.58 Å². The van der Waals surface area contributed by atoms with Crippen LogP contribution >= 0.6 is 0 Å². The van der Waals surface area contributed by atoms with Crippen LogP contribution in [0.5, 0.6) is 0 Å². The van der Waals surface area contributed by atoms with Crippen LogP contribution in [0.2, 0.25) is 0 Å². The van der Waals surface area contributed by atoms with Gasteiger partial charge < -0.3 is 0 Å². The Hall–Kier alpha value is -1.10. The normalized spacial score (nSPS) is 11.6. The van der Waals surface area contributed by atoms with E-state index in [4.69, 9.17) is 5.26 Å². The zero-order chi connectivity index (χ0) is 7.98. The lowest BCUT2D eigenvalue weighted by Gasteiger charge is -2.01. The smallest absolute Gasteiger partial charge is 0.150 e. The number of hydrogen-bond acceptors (Lipinski definition) is 2. The van der Waals surface area contributed by atoms with Crippen molar-refractivity contribution in [3.05, 3.63) is 12.7 Å². The van der Waals surface area contributed by atoms with E-state index in [1.54, 1.807) is 13.0 Å². The molecule has 0 spiro atoms. The molecule has 0 bridgehead atoms. The van der Waals surface area contributed by atoms with Gasteiger partial charge >= 0.3 is 0 Å². The Morgan fingerprint density at radius 2 is 2.50 bits per heavy atom. The Labute approximate surface area is 61.2 Å². The molecule has 0 amide bonds. The van der Waals surface area contributed by atoms with Crippen molar-refractivity contribution >= 4 is 5.78 Å². The van der Waals surface area contributed by atoms with E-state index in [1.807, 2.05) is 6.07 Å². The van der Waals surface area contributed by atoms with Crippen LogP contribution in [0.3, 0.4) is 0 Å². The van der Waals surface area contributed by atoms with Crippen molar-refractivity contribution in [3.8, 4) is 6.07 Å². The molecule has 0 radical (unpaired) electrons. The first kappa shape index (κ1) is 8.90. The lowest BCUT2D eigenvalue weighted by atomic mass is 10.0. The predicted octanol–water partition coefficient (Wildman–Crippen LogP) is 1.68. The topological polar surface area (TPSA) is 40.9 Å². The summed E-state index contributed by atoms with van der Waals surface area (Å²) in [7, 11) is 0. The van der Waals surface area contributed by atoms with Gasteiger partial charge in [0.2, 0.25) is 0 Å². The fourth-order valence-corrected chi connectivity index (χ4v) is 0.634. The molecule has 0 rings (SSSR count). The Balaban J connectivity index is 3.72. The van der Waals surface area contributed by atoms with Crippen molar-refractivity contribution < 1.29 is 4.79 Å². The van der Waals surface area contributed by atoms with Crippen molar-refractivity contribution in [2.75, 3.05) is 0 Å². The molecule has 10 heavy (non-hydrogen) atoms. The molecule has 0 fully saturated rings. The molecule has 0 aliphatic carbocycles. The minimum absolute atomic E-state index is 0.00222. The highest BCUT2D eigenvalue weighted by atomic mass is 16.1. The highest BCUT2D eigenvalue weighted by molar-refractivity contribution is 5.82. The van der Waals surface area contributed by atoms with Gasteiger partial charge in [-0.2, -0.15) is 5.26 Å². The number of rotatable bonds is 4. The summed E-state index contributed by atoms with van der Waals surface area (Å²) in [5, 5.41) is 8.16. The minimum Gasteiger partial charge on any atom is -0.298 e. The largest absolute Gasteiger partial charge is 0.298 e. The molecule has 0 aliphatic heterocycles. The van der Waals surface area contributed by atoms with Crippen LogP contribution in [0.4, 0.5) is 0 Å². The SMILES string of the molecule is C=CCC(C)C(=O)CC#N. The number of nitriles is 1. The number of nitrogens with zero attached hydrogens (tertiary/aromatic N) is 1. The van der Waals surface area contributed by atoms with Gasteiger partial charge in [-0.05, 0) is 6.42 Å². The first-order chi connectivity index (χ1) is 4.72. The van der Waals surface area contributed by atoms with Crippen molar-refractivity contribution in [3.63, 3.8) is 0 Å². The number of carbonyl (C=O) groups is 1. The van der Waals surface area contributed by atoms with Gasteiger partial charge in [-0.3, -0.25) is 4.79 Å². The number of allylic oxidation sites excluding steroid dienone is 1. The third-order valence-electron chi connectivity index (χ3n) is 1.32. The Kier molecular flexibility index (Phi) is 4.23. The maximum Gasteiger partial charge on any atom is 0.150 e. The Morgan fingerprint density at radius 1 is 1.90 bits per heavy atom. The molecule has 0 saturated carbocycles. The summed E-state index contributed by atoms with van der Waals surface area (Å²) in [4.78, 5) is 10.9. The molecule has 0 aliphatic rings. The Bertz CT molecular complexity index is 167. The lowest BCUT2D eigenvalue weighted by Crippen LogP contribution is -2.08. The number of hydrogen-bond donors (Lipinski definition) is 0. The van der Waals surface area contributed by atoms with Gasteiger partial charge in [0.15, 0.2) is 0 Å². The summed E-state index contributed by atoms with van der Waals surface area (Å²) in [5.74, 6) is -0.0421. The molecule has 2 heteroatoms. The monoisotopic (exact) mass is 137 g/mol. The molecular weight excluding hydrogens is 126 g/mol. The summed E-state index contributed by atoms with van der Waals surface area (Å²) in [6, 6.07) is 1.82. The first-order valence-corrected chi connectivity index (χ1v) is 3.23. The molecule has 0 heterocycles. The average molecular weight is 137 g/mol. The van der Waals surface area contributed by atoms with Gasteiger partial charge in [0, 0.05) is 5.92 Å².